The van der Waals surface area contributed by atoms with Crippen molar-refractivity contribution in [3.05, 3.63) is 34.3 Å². The first-order chi connectivity index (χ1) is 5.91. The van der Waals surface area contributed by atoms with Gasteiger partial charge < -0.3 is 0 Å². The zero-order valence-corrected chi connectivity index (χ0v) is 9.34. The van der Waals surface area contributed by atoms with Crippen LogP contribution in [0.2, 0.25) is 0 Å². The van der Waals surface area contributed by atoms with Gasteiger partial charge in [-0.25, -0.2) is 0 Å². The summed E-state index contributed by atoms with van der Waals surface area (Å²) in [5.74, 6) is 0. The number of hydrogen-bond acceptors (Lipinski definition) is 2. The minimum Gasteiger partial charge on any atom is -0.285 e. The van der Waals surface area contributed by atoms with Crippen molar-refractivity contribution in [3.63, 3.8) is 0 Å². The predicted molar refractivity (Wildman–Crippen MR) is 54.1 cm³/mol. The van der Waals surface area contributed by atoms with Gasteiger partial charge in [-0.2, -0.15) is 8.42 Å². The standard InChI is InChI=1S/C8H9BrO3S/c1-6(13(10,11)12)7-2-4-8(9)5-3-7/h2-6H,1H3,(H,10,11,12)/t6-/m0/s1. The summed E-state index contributed by atoms with van der Waals surface area (Å²) < 4.78 is 31.2. The van der Waals surface area contributed by atoms with Crippen LogP contribution in [0.3, 0.4) is 0 Å². The van der Waals surface area contributed by atoms with E-state index in [0.717, 1.165) is 4.47 Å². The normalized spacial score (nSPS) is 14.1. The summed E-state index contributed by atoms with van der Waals surface area (Å²) in [6.45, 7) is 1.44. The van der Waals surface area contributed by atoms with E-state index < -0.39 is 15.4 Å². The molecule has 1 rings (SSSR count). The maximum atomic E-state index is 10.8. The van der Waals surface area contributed by atoms with Gasteiger partial charge in [0, 0.05) is 4.47 Å². The van der Waals surface area contributed by atoms with Crippen LogP contribution in [-0.4, -0.2) is 13.0 Å². The first-order valence-electron chi connectivity index (χ1n) is 3.63. The summed E-state index contributed by atoms with van der Waals surface area (Å²) in [6, 6.07) is 6.78. The molecule has 0 aliphatic rings. The van der Waals surface area contributed by atoms with E-state index in [1.807, 2.05) is 0 Å². The highest BCUT2D eigenvalue weighted by Gasteiger charge is 2.18. The Morgan fingerprint density at radius 1 is 1.31 bits per heavy atom. The molecule has 0 aromatic heterocycles. The molecular formula is C8H9BrO3S. The van der Waals surface area contributed by atoms with Crippen molar-refractivity contribution in [2.24, 2.45) is 0 Å². The zero-order valence-electron chi connectivity index (χ0n) is 6.94. The van der Waals surface area contributed by atoms with Crippen molar-refractivity contribution in [2.45, 2.75) is 12.2 Å². The molecule has 13 heavy (non-hydrogen) atoms. The number of hydrogen-bond donors (Lipinski definition) is 1. The summed E-state index contributed by atoms with van der Waals surface area (Å²) >= 11 is 3.23. The Hall–Kier alpha value is -0.390. The molecule has 0 amide bonds. The second-order valence-corrected chi connectivity index (χ2v) is 5.36. The summed E-state index contributed by atoms with van der Waals surface area (Å²) in [4.78, 5) is 0. The minimum absolute atomic E-state index is 0.575. The number of halogens is 1. The van der Waals surface area contributed by atoms with Gasteiger partial charge in [0.05, 0.1) is 0 Å². The highest BCUT2D eigenvalue weighted by Crippen LogP contribution is 2.22. The molecule has 1 atom stereocenters. The fraction of sp³-hybridized carbons (Fsp3) is 0.250. The Labute approximate surface area is 85.7 Å². The Bertz CT molecular complexity index is 382. The highest BCUT2D eigenvalue weighted by molar-refractivity contribution is 9.10. The summed E-state index contributed by atoms with van der Waals surface area (Å²) in [7, 11) is -3.98. The lowest BCUT2D eigenvalue weighted by molar-refractivity contribution is 0.472. The van der Waals surface area contributed by atoms with Crippen LogP contribution in [0.15, 0.2) is 28.7 Å². The average Bonchev–Trinajstić information content (AvgIpc) is 2.03. The van der Waals surface area contributed by atoms with Gasteiger partial charge in [-0.1, -0.05) is 28.1 Å². The maximum absolute atomic E-state index is 10.8. The summed E-state index contributed by atoms with van der Waals surface area (Å²) in [5, 5.41) is -0.874. The summed E-state index contributed by atoms with van der Waals surface area (Å²) in [6.07, 6.45) is 0. The average molecular weight is 265 g/mol. The first-order valence-corrected chi connectivity index (χ1v) is 5.92. The molecule has 3 nitrogen and oxygen atoms in total. The largest absolute Gasteiger partial charge is 0.285 e. The van der Waals surface area contributed by atoms with E-state index in [1.165, 1.54) is 6.92 Å². The van der Waals surface area contributed by atoms with Crippen LogP contribution in [0.4, 0.5) is 0 Å². The van der Waals surface area contributed by atoms with E-state index in [9.17, 15) is 8.42 Å². The first kappa shape index (κ1) is 10.7. The third-order valence-corrected chi connectivity index (χ3v) is 3.48. The smallest absolute Gasteiger partial charge is 0.271 e. The molecule has 0 unspecified atom stereocenters. The molecule has 0 heterocycles. The molecule has 0 bridgehead atoms. The molecule has 0 saturated heterocycles. The van der Waals surface area contributed by atoms with Crippen molar-refractivity contribution < 1.29 is 13.0 Å². The van der Waals surface area contributed by atoms with E-state index in [0.29, 0.717) is 5.56 Å². The van der Waals surface area contributed by atoms with E-state index in [4.69, 9.17) is 4.55 Å². The zero-order chi connectivity index (χ0) is 10.1. The van der Waals surface area contributed by atoms with Gasteiger partial charge in [0.15, 0.2) is 0 Å². The van der Waals surface area contributed by atoms with Crippen LogP contribution < -0.4 is 0 Å². The molecule has 0 fully saturated rings. The van der Waals surface area contributed by atoms with E-state index in [1.54, 1.807) is 24.3 Å². The van der Waals surface area contributed by atoms with Crippen molar-refractivity contribution in [3.8, 4) is 0 Å². The number of rotatable bonds is 2. The molecule has 1 aromatic rings. The molecule has 0 aliphatic carbocycles. The van der Waals surface area contributed by atoms with Crippen LogP contribution in [0, 0.1) is 0 Å². The molecule has 0 aliphatic heterocycles. The van der Waals surface area contributed by atoms with Crippen LogP contribution in [-0.2, 0) is 10.1 Å². The third kappa shape index (κ3) is 2.79. The molecule has 0 saturated carbocycles. The molecule has 0 radical (unpaired) electrons. The fourth-order valence-corrected chi connectivity index (χ4v) is 1.67. The third-order valence-electron chi connectivity index (χ3n) is 1.79. The van der Waals surface area contributed by atoms with Crippen LogP contribution >= 0.6 is 15.9 Å². The summed E-state index contributed by atoms with van der Waals surface area (Å²) in [5.41, 5.74) is 0.575. The molecule has 5 heteroatoms. The Morgan fingerprint density at radius 3 is 2.15 bits per heavy atom. The van der Waals surface area contributed by atoms with Gasteiger partial charge >= 0.3 is 0 Å². The van der Waals surface area contributed by atoms with Gasteiger partial charge in [-0.05, 0) is 24.6 Å². The van der Waals surface area contributed by atoms with Gasteiger partial charge in [-0.3, -0.25) is 4.55 Å². The van der Waals surface area contributed by atoms with Crippen molar-refractivity contribution in [1.82, 2.24) is 0 Å². The lowest BCUT2D eigenvalue weighted by Crippen LogP contribution is -2.07. The predicted octanol–water partition coefficient (Wildman–Crippen LogP) is 2.40. The van der Waals surface area contributed by atoms with Crippen LogP contribution in [0.5, 0.6) is 0 Å². The van der Waals surface area contributed by atoms with E-state index in [2.05, 4.69) is 15.9 Å². The lowest BCUT2D eigenvalue weighted by Gasteiger charge is -2.07. The van der Waals surface area contributed by atoms with Gasteiger partial charge in [0.25, 0.3) is 10.1 Å². The Morgan fingerprint density at radius 2 is 1.77 bits per heavy atom. The molecule has 0 spiro atoms. The van der Waals surface area contributed by atoms with Crippen molar-refractivity contribution in [2.75, 3.05) is 0 Å². The Balaban J connectivity index is 3.04. The van der Waals surface area contributed by atoms with E-state index in [-0.39, 0.29) is 0 Å². The second-order valence-electron chi connectivity index (χ2n) is 2.71. The second kappa shape index (κ2) is 3.77. The topological polar surface area (TPSA) is 54.4 Å². The molecular weight excluding hydrogens is 256 g/mol. The van der Waals surface area contributed by atoms with Gasteiger partial charge in [-0.15, -0.1) is 0 Å². The van der Waals surface area contributed by atoms with Crippen molar-refractivity contribution in [1.29, 1.82) is 0 Å². The quantitative estimate of drug-likeness (QED) is 0.835. The highest BCUT2D eigenvalue weighted by atomic mass is 79.9. The number of benzene rings is 1. The minimum atomic E-state index is -3.98. The van der Waals surface area contributed by atoms with E-state index >= 15 is 0 Å². The maximum Gasteiger partial charge on any atom is 0.271 e. The van der Waals surface area contributed by atoms with Gasteiger partial charge in [0.2, 0.25) is 0 Å². The SMILES string of the molecule is C[C@@H](c1ccc(Br)cc1)S(=O)(=O)O. The molecule has 1 aromatic carbocycles. The van der Waals surface area contributed by atoms with Crippen LogP contribution in [0.25, 0.3) is 0 Å². The monoisotopic (exact) mass is 264 g/mol. The van der Waals surface area contributed by atoms with Crippen molar-refractivity contribution >= 4 is 26.0 Å². The lowest BCUT2D eigenvalue weighted by atomic mass is 10.2. The molecule has 72 valence electrons. The molecule has 1 N–H and O–H groups in total. The van der Waals surface area contributed by atoms with Gasteiger partial charge in [0.1, 0.15) is 5.25 Å². The fourth-order valence-electron chi connectivity index (χ4n) is 0.906. The Kier molecular flexibility index (Phi) is 3.10. The van der Waals surface area contributed by atoms with Crippen LogP contribution in [0.1, 0.15) is 17.7 Å².